The Kier molecular flexibility index (Phi) is 5.38. The number of ether oxygens (including phenoxy) is 2. The molecule has 1 heterocycles. The molecule has 0 aliphatic carbocycles. The molecule has 1 aromatic carbocycles. The maximum absolute atomic E-state index is 5.36. The molecule has 0 saturated carbocycles. The molecule has 0 aliphatic heterocycles. The minimum Gasteiger partial charge on any atom is -0.493 e. The Morgan fingerprint density at radius 2 is 2.05 bits per heavy atom. The van der Waals surface area contributed by atoms with Crippen molar-refractivity contribution < 1.29 is 9.47 Å². The van der Waals surface area contributed by atoms with E-state index in [0.29, 0.717) is 0 Å². The van der Waals surface area contributed by atoms with Gasteiger partial charge in [-0.25, -0.2) is 4.98 Å². The van der Waals surface area contributed by atoms with Crippen LogP contribution < -0.4 is 14.8 Å². The summed E-state index contributed by atoms with van der Waals surface area (Å²) in [6.45, 7) is 2.95. The molecule has 4 nitrogen and oxygen atoms in total. The lowest BCUT2D eigenvalue weighted by Gasteiger charge is -2.18. The summed E-state index contributed by atoms with van der Waals surface area (Å²) < 4.78 is 10.6. The Morgan fingerprint density at radius 1 is 1.25 bits per heavy atom. The Morgan fingerprint density at radius 3 is 2.65 bits per heavy atom. The number of methoxy groups -OCH3 is 2. The van der Waals surface area contributed by atoms with Crippen LogP contribution in [0.1, 0.15) is 30.0 Å². The summed E-state index contributed by atoms with van der Waals surface area (Å²) in [7, 11) is 3.31. The third kappa shape index (κ3) is 3.49. The van der Waals surface area contributed by atoms with Crippen LogP contribution in [0.15, 0.2) is 29.8 Å². The summed E-state index contributed by atoms with van der Waals surface area (Å²) in [4.78, 5) is 4.29. The van der Waals surface area contributed by atoms with Crippen LogP contribution in [0.3, 0.4) is 0 Å². The van der Waals surface area contributed by atoms with E-state index in [1.807, 2.05) is 23.7 Å². The van der Waals surface area contributed by atoms with Gasteiger partial charge in [-0.05, 0) is 24.1 Å². The average molecular weight is 292 g/mol. The van der Waals surface area contributed by atoms with Crippen LogP contribution in [0.25, 0.3) is 0 Å². The molecule has 0 bridgehead atoms. The molecule has 1 aromatic heterocycles. The monoisotopic (exact) mass is 292 g/mol. The minimum absolute atomic E-state index is 0.277. The first-order chi connectivity index (χ1) is 9.78. The Hall–Kier alpha value is -1.59. The first-order valence-corrected chi connectivity index (χ1v) is 7.50. The van der Waals surface area contributed by atoms with Gasteiger partial charge in [0.25, 0.3) is 0 Å². The topological polar surface area (TPSA) is 43.4 Å². The first-order valence-electron chi connectivity index (χ1n) is 6.62. The molecule has 0 radical (unpaired) electrons. The molecule has 0 saturated heterocycles. The molecular weight excluding hydrogens is 272 g/mol. The minimum atomic E-state index is 0.277. The highest BCUT2D eigenvalue weighted by molar-refractivity contribution is 7.09. The smallest absolute Gasteiger partial charge is 0.161 e. The highest BCUT2D eigenvalue weighted by Gasteiger charge is 2.12. The molecule has 1 N–H and O–H groups in total. The first kappa shape index (κ1) is 14.8. The predicted octanol–water partition coefficient (Wildman–Crippen LogP) is 3.40. The standard InChI is InChI=1S/C15H20N2O2S/c1-4-12(17-10-15-16-7-8-20-15)11-5-6-13(18-2)14(9-11)19-3/h5-9,12,17H,4,10H2,1-3H3. The van der Waals surface area contributed by atoms with E-state index in [1.165, 1.54) is 5.56 Å². The van der Waals surface area contributed by atoms with Crippen molar-refractivity contribution in [1.82, 2.24) is 10.3 Å². The summed E-state index contributed by atoms with van der Waals surface area (Å²) >= 11 is 1.67. The number of nitrogens with one attached hydrogen (secondary N) is 1. The molecular formula is C15H20N2O2S. The summed E-state index contributed by atoms with van der Waals surface area (Å²) in [5.74, 6) is 1.52. The zero-order valence-corrected chi connectivity index (χ0v) is 12.9. The van der Waals surface area contributed by atoms with Crippen molar-refractivity contribution in [3.63, 3.8) is 0 Å². The van der Waals surface area contributed by atoms with Gasteiger partial charge in [0.15, 0.2) is 11.5 Å². The van der Waals surface area contributed by atoms with Crippen molar-refractivity contribution in [2.45, 2.75) is 25.9 Å². The lowest BCUT2D eigenvalue weighted by molar-refractivity contribution is 0.353. The van der Waals surface area contributed by atoms with Gasteiger partial charge in [0.1, 0.15) is 5.01 Å². The van der Waals surface area contributed by atoms with E-state index >= 15 is 0 Å². The van der Waals surface area contributed by atoms with Gasteiger partial charge in [-0.15, -0.1) is 11.3 Å². The summed E-state index contributed by atoms with van der Waals surface area (Å²) in [6, 6.07) is 6.33. The number of hydrogen-bond acceptors (Lipinski definition) is 5. The molecule has 2 aromatic rings. The van der Waals surface area contributed by atoms with Crippen LogP contribution in [0.2, 0.25) is 0 Å². The third-order valence-electron chi connectivity index (χ3n) is 3.20. The molecule has 108 valence electrons. The van der Waals surface area contributed by atoms with Gasteiger partial charge in [0.05, 0.1) is 14.2 Å². The second-order valence-electron chi connectivity index (χ2n) is 4.38. The zero-order chi connectivity index (χ0) is 14.4. The summed E-state index contributed by atoms with van der Waals surface area (Å²) in [6.07, 6.45) is 2.83. The Bertz CT molecular complexity index is 529. The van der Waals surface area contributed by atoms with Gasteiger partial charge in [0, 0.05) is 24.2 Å². The van der Waals surface area contributed by atoms with Crippen molar-refractivity contribution in [1.29, 1.82) is 0 Å². The van der Waals surface area contributed by atoms with Gasteiger partial charge in [0.2, 0.25) is 0 Å². The van der Waals surface area contributed by atoms with Crippen molar-refractivity contribution in [2.75, 3.05) is 14.2 Å². The second-order valence-corrected chi connectivity index (χ2v) is 5.36. The van der Waals surface area contributed by atoms with E-state index < -0.39 is 0 Å². The predicted molar refractivity (Wildman–Crippen MR) is 81.5 cm³/mol. The second kappa shape index (κ2) is 7.26. The van der Waals surface area contributed by atoms with Crippen molar-refractivity contribution in [2.24, 2.45) is 0 Å². The van der Waals surface area contributed by atoms with Crippen molar-refractivity contribution >= 4 is 11.3 Å². The number of nitrogens with zero attached hydrogens (tertiary/aromatic N) is 1. The quantitative estimate of drug-likeness (QED) is 0.849. The third-order valence-corrected chi connectivity index (χ3v) is 3.98. The van der Waals surface area contributed by atoms with Crippen LogP contribution in [0.4, 0.5) is 0 Å². The van der Waals surface area contributed by atoms with Crippen molar-refractivity contribution in [3.05, 3.63) is 40.3 Å². The fourth-order valence-electron chi connectivity index (χ4n) is 2.12. The van der Waals surface area contributed by atoms with E-state index in [4.69, 9.17) is 9.47 Å². The van der Waals surface area contributed by atoms with E-state index in [9.17, 15) is 0 Å². The highest BCUT2D eigenvalue weighted by atomic mass is 32.1. The van der Waals surface area contributed by atoms with E-state index in [-0.39, 0.29) is 6.04 Å². The highest BCUT2D eigenvalue weighted by Crippen LogP contribution is 2.30. The molecule has 1 atom stereocenters. The number of hydrogen-bond donors (Lipinski definition) is 1. The Labute approximate surface area is 123 Å². The molecule has 0 fully saturated rings. The van der Waals surface area contributed by atoms with Gasteiger partial charge in [-0.3, -0.25) is 0 Å². The van der Waals surface area contributed by atoms with E-state index in [0.717, 1.165) is 29.5 Å². The molecule has 20 heavy (non-hydrogen) atoms. The fraction of sp³-hybridized carbons (Fsp3) is 0.400. The van der Waals surface area contributed by atoms with Gasteiger partial charge in [-0.2, -0.15) is 0 Å². The van der Waals surface area contributed by atoms with Crippen molar-refractivity contribution in [3.8, 4) is 11.5 Å². The summed E-state index contributed by atoms with van der Waals surface area (Å²) in [5, 5.41) is 6.62. The lowest BCUT2D eigenvalue weighted by atomic mass is 10.0. The fourth-order valence-corrected chi connectivity index (χ4v) is 2.69. The SMILES string of the molecule is CCC(NCc1nccs1)c1ccc(OC)c(OC)c1. The molecule has 0 aliphatic rings. The molecule has 0 amide bonds. The molecule has 0 spiro atoms. The van der Waals surface area contributed by atoms with Crippen LogP contribution >= 0.6 is 11.3 Å². The van der Waals surface area contributed by atoms with Crippen LogP contribution in [-0.4, -0.2) is 19.2 Å². The van der Waals surface area contributed by atoms with Gasteiger partial charge in [-0.1, -0.05) is 13.0 Å². The Balaban J connectivity index is 2.10. The maximum atomic E-state index is 5.36. The van der Waals surface area contributed by atoms with E-state index in [1.54, 1.807) is 25.6 Å². The van der Waals surface area contributed by atoms with Gasteiger partial charge >= 0.3 is 0 Å². The molecule has 5 heteroatoms. The normalized spacial score (nSPS) is 12.2. The van der Waals surface area contributed by atoms with Crippen LogP contribution in [0.5, 0.6) is 11.5 Å². The van der Waals surface area contributed by atoms with E-state index in [2.05, 4.69) is 23.3 Å². The van der Waals surface area contributed by atoms with Crippen LogP contribution in [0, 0.1) is 0 Å². The molecule has 1 unspecified atom stereocenters. The number of benzene rings is 1. The molecule has 2 rings (SSSR count). The number of thiazole rings is 1. The summed E-state index contributed by atoms with van der Waals surface area (Å²) in [5.41, 5.74) is 1.20. The average Bonchev–Trinajstić information content (AvgIpc) is 3.01. The lowest BCUT2D eigenvalue weighted by Crippen LogP contribution is -2.20. The zero-order valence-electron chi connectivity index (χ0n) is 12.1. The van der Waals surface area contributed by atoms with Crippen LogP contribution in [-0.2, 0) is 6.54 Å². The largest absolute Gasteiger partial charge is 0.493 e. The number of aromatic nitrogens is 1. The van der Waals surface area contributed by atoms with Gasteiger partial charge < -0.3 is 14.8 Å². The maximum Gasteiger partial charge on any atom is 0.161 e. The number of rotatable bonds is 7.